The number of carbonyl (C=O) groups excluding carboxylic acids is 2. The van der Waals surface area contributed by atoms with Crippen molar-refractivity contribution in [3.8, 4) is 0 Å². The Morgan fingerprint density at radius 2 is 2.17 bits per heavy atom. The first-order chi connectivity index (χ1) is 5.66. The molecule has 0 radical (unpaired) electrons. The Morgan fingerprint density at radius 1 is 1.50 bits per heavy atom. The molecule has 0 aromatic carbocycles. The van der Waals surface area contributed by atoms with Crippen molar-refractivity contribution < 1.29 is 19.4 Å². The highest BCUT2D eigenvalue weighted by Gasteiger charge is 2.02. The summed E-state index contributed by atoms with van der Waals surface area (Å²) in [7, 11) is 0. The Bertz CT molecular complexity index is 157. The first-order valence-corrected chi connectivity index (χ1v) is 4.55. The number of thioether (sulfide) groups is 1. The molecule has 70 valence electrons. The molecule has 0 heterocycles. The van der Waals surface area contributed by atoms with E-state index in [1.54, 1.807) is 0 Å². The maximum atomic E-state index is 10.7. The predicted octanol–water partition coefficient (Wildman–Crippen LogP) is 0.192. The monoisotopic (exact) mass is 192 g/mol. The van der Waals surface area contributed by atoms with Crippen LogP contribution in [0.2, 0.25) is 0 Å². The summed E-state index contributed by atoms with van der Waals surface area (Å²) in [6, 6.07) is 0. The van der Waals surface area contributed by atoms with Gasteiger partial charge in [0.05, 0.1) is 13.0 Å². The molecule has 0 aliphatic rings. The highest BCUT2D eigenvalue weighted by molar-refractivity contribution is 8.13. The minimum absolute atomic E-state index is 0.00930. The zero-order valence-corrected chi connectivity index (χ0v) is 7.73. The van der Waals surface area contributed by atoms with E-state index < -0.39 is 0 Å². The van der Waals surface area contributed by atoms with Crippen LogP contribution in [-0.4, -0.2) is 35.2 Å². The number of carbonyl (C=O) groups is 2. The van der Waals surface area contributed by atoms with Gasteiger partial charge in [0.1, 0.15) is 6.61 Å². The number of ether oxygens (including phenoxy) is 1. The van der Waals surface area contributed by atoms with Crippen LogP contribution < -0.4 is 0 Å². The molecule has 0 fully saturated rings. The van der Waals surface area contributed by atoms with Gasteiger partial charge in [0, 0.05) is 12.7 Å². The summed E-state index contributed by atoms with van der Waals surface area (Å²) in [5.74, 6) is 0.0670. The largest absolute Gasteiger partial charge is 0.463 e. The van der Waals surface area contributed by atoms with E-state index in [1.165, 1.54) is 6.92 Å². The Morgan fingerprint density at radius 3 is 2.67 bits per heavy atom. The topological polar surface area (TPSA) is 63.6 Å². The van der Waals surface area contributed by atoms with Gasteiger partial charge in [-0.3, -0.25) is 9.59 Å². The molecular weight excluding hydrogens is 180 g/mol. The predicted molar refractivity (Wildman–Crippen MR) is 45.8 cm³/mol. The number of hydrogen-bond acceptors (Lipinski definition) is 5. The summed E-state index contributed by atoms with van der Waals surface area (Å²) in [6.07, 6.45) is 0.213. The molecule has 12 heavy (non-hydrogen) atoms. The number of hydrogen-bond donors (Lipinski definition) is 1. The number of esters is 1. The van der Waals surface area contributed by atoms with Crippen LogP contribution in [0.4, 0.5) is 0 Å². The highest BCUT2D eigenvalue weighted by atomic mass is 32.2. The minimum Gasteiger partial charge on any atom is -0.463 e. The van der Waals surface area contributed by atoms with Crippen LogP contribution in [0.25, 0.3) is 0 Å². The fraction of sp³-hybridized carbons (Fsp3) is 0.714. The Kier molecular flexibility index (Phi) is 6.79. The SMILES string of the molecule is CC(=O)SCCC(=O)OCCO. The fourth-order valence-electron chi connectivity index (χ4n) is 0.510. The normalized spacial score (nSPS) is 9.50. The van der Waals surface area contributed by atoms with Crippen LogP contribution in [0.15, 0.2) is 0 Å². The first kappa shape index (κ1) is 11.4. The Balaban J connectivity index is 3.25. The lowest BCUT2D eigenvalue weighted by molar-refractivity contribution is -0.144. The Labute approximate surface area is 75.3 Å². The van der Waals surface area contributed by atoms with Crippen molar-refractivity contribution in [3.05, 3.63) is 0 Å². The van der Waals surface area contributed by atoms with Crippen LogP contribution in [0.5, 0.6) is 0 Å². The van der Waals surface area contributed by atoms with Gasteiger partial charge in [-0.2, -0.15) is 0 Å². The summed E-state index contributed by atoms with van der Waals surface area (Å²) >= 11 is 1.09. The van der Waals surface area contributed by atoms with E-state index in [2.05, 4.69) is 4.74 Å². The summed E-state index contributed by atoms with van der Waals surface area (Å²) in [5, 5.41) is 8.28. The van der Waals surface area contributed by atoms with E-state index in [-0.39, 0.29) is 30.7 Å². The van der Waals surface area contributed by atoms with Crippen molar-refractivity contribution in [3.63, 3.8) is 0 Å². The van der Waals surface area contributed by atoms with Crippen molar-refractivity contribution >= 4 is 22.8 Å². The molecule has 0 unspecified atom stereocenters. The van der Waals surface area contributed by atoms with Gasteiger partial charge in [-0.05, 0) is 0 Å². The molecule has 0 aromatic heterocycles. The molecule has 5 heteroatoms. The van der Waals surface area contributed by atoms with E-state index in [1.807, 2.05) is 0 Å². The molecular formula is C7H12O4S. The quantitative estimate of drug-likeness (QED) is 0.630. The number of rotatable bonds is 5. The van der Waals surface area contributed by atoms with E-state index >= 15 is 0 Å². The maximum Gasteiger partial charge on any atom is 0.306 e. The number of aliphatic hydroxyl groups is 1. The second-order valence-electron chi connectivity index (χ2n) is 2.03. The molecule has 4 nitrogen and oxygen atoms in total. The standard InChI is InChI=1S/C7H12O4S/c1-6(9)12-5-2-7(10)11-4-3-8/h8H,2-5H2,1H3. The van der Waals surface area contributed by atoms with Crippen molar-refractivity contribution in [1.29, 1.82) is 0 Å². The summed E-state index contributed by atoms with van der Waals surface area (Å²) in [6.45, 7) is 1.32. The van der Waals surface area contributed by atoms with Gasteiger partial charge < -0.3 is 9.84 Å². The zero-order valence-electron chi connectivity index (χ0n) is 6.91. The average Bonchev–Trinajstić information content (AvgIpc) is 2.00. The molecule has 0 aliphatic carbocycles. The maximum absolute atomic E-state index is 10.7. The Hall–Kier alpha value is -0.550. The molecule has 0 aromatic rings. The lowest BCUT2D eigenvalue weighted by Crippen LogP contribution is -2.09. The van der Waals surface area contributed by atoms with Crippen LogP contribution in [0, 0.1) is 0 Å². The third-order valence-corrected chi connectivity index (χ3v) is 1.78. The molecule has 1 N–H and O–H groups in total. The van der Waals surface area contributed by atoms with Gasteiger partial charge in [-0.15, -0.1) is 0 Å². The molecule has 0 amide bonds. The van der Waals surface area contributed by atoms with Crippen LogP contribution >= 0.6 is 11.8 Å². The molecule has 0 atom stereocenters. The van der Waals surface area contributed by atoms with Crippen molar-refractivity contribution in [1.82, 2.24) is 0 Å². The van der Waals surface area contributed by atoms with Crippen LogP contribution in [0.1, 0.15) is 13.3 Å². The lowest BCUT2D eigenvalue weighted by atomic mass is 10.5. The minimum atomic E-state index is -0.377. The van der Waals surface area contributed by atoms with Crippen molar-refractivity contribution in [2.24, 2.45) is 0 Å². The van der Waals surface area contributed by atoms with Gasteiger partial charge in [-0.25, -0.2) is 0 Å². The van der Waals surface area contributed by atoms with Gasteiger partial charge in [0.25, 0.3) is 0 Å². The highest BCUT2D eigenvalue weighted by Crippen LogP contribution is 2.03. The number of aliphatic hydroxyl groups excluding tert-OH is 1. The van der Waals surface area contributed by atoms with Gasteiger partial charge in [-0.1, -0.05) is 11.8 Å². The molecule has 0 saturated heterocycles. The van der Waals surface area contributed by atoms with E-state index in [9.17, 15) is 9.59 Å². The molecule has 0 spiro atoms. The van der Waals surface area contributed by atoms with Crippen LogP contribution in [-0.2, 0) is 14.3 Å². The smallest absolute Gasteiger partial charge is 0.306 e. The second kappa shape index (κ2) is 7.12. The molecule has 0 bridgehead atoms. The molecule has 0 rings (SSSR count). The average molecular weight is 192 g/mol. The van der Waals surface area contributed by atoms with Crippen molar-refractivity contribution in [2.45, 2.75) is 13.3 Å². The lowest BCUT2D eigenvalue weighted by Gasteiger charge is -2.00. The van der Waals surface area contributed by atoms with Gasteiger partial charge in [0.2, 0.25) is 0 Å². The zero-order chi connectivity index (χ0) is 9.40. The van der Waals surface area contributed by atoms with E-state index in [4.69, 9.17) is 5.11 Å². The summed E-state index contributed by atoms with van der Waals surface area (Å²) in [4.78, 5) is 21.1. The van der Waals surface area contributed by atoms with E-state index in [0.29, 0.717) is 5.75 Å². The summed E-state index contributed by atoms with van der Waals surface area (Å²) in [5.41, 5.74) is 0. The third-order valence-electron chi connectivity index (χ3n) is 0.966. The van der Waals surface area contributed by atoms with E-state index in [0.717, 1.165) is 11.8 Å². The second-order valence-corrected chi connectivity index (χ2v) is 3.31. The first-order valence-electron chi connectivity index (χ1n) is 3.56. The fourth-order valence-corrected chi connectivity index (χ4v) is 1.07. The third kappa shape index (κ3) is 7.56. The van der Waals surface area contributed by atoms with Crippen LogP contribution in [0.3, 0.4) is 0 Å². The molecule has 0 saturated carbocycles. The molecule has 0 aliphatic heterocycles. The summed E-state index contributed by atoms with van der Waals surface area (Å²) < 4.78 is 4.56. The van der Waals surface area contributed by atoms with Gasteiger partial charge in [0.15, 0.2) is 5.12 Å². The van der Waals surface area contributed by atoms with Crippen molar-refractivity contribution in [2.75, 3.05) is 19.0 Å². The van der Waals surface area contributed by atoms with Gasteiger partial charge >= 0.3 is 5.97 Å².